The zero-order chi connectivity index (χ0) is 15.8. The highest BCUT2D eigenvalue weighted by Crippen LogP contribution is 2.29. The van der Waals surface area contributed by atoms with Gasteiger partial charge in [0.25, 0.3) is 10.0 Å². The van der Waals surface area contributed by atoms with Gasteiger partial charge in [0, 0.05) is 9.85 Å². The Balaban J connectivity index is 2.40. The molecule has 0 unspecified atom stereocenters. The minimum absolute atomic E-state index is 0.0263. The van der Waals surface area contributed by atoms with Crippen molar-refractivity contribution in [2.45, 2.75) is 18.1 Å². The number of thiophene rings is 1. The van der Waals surface area contributed by atoms with Crippen LogP contribution in [0.3, 0.4) is 0 Å². The molecule has 8 heteroatoms. The Bertz CT molecular complexity index is 788. The van der Waals surface area contributed by atoms with Crippen LogP contribution in [0.4, 0.5) is 5.69 Å². The molecule has 112 valence electrons. The molecule has 0 amide bonds. The second-order valence-corrected chi connectivity index (χ2v) is 8.22. The SMILES string of the molecule is Cc1cc(Br)cc(C)c1NS(=O)(=O)c1cc(C(=O)O)cs1. The maximum Gasteiger partial charge on any atom is 0.336 e. The third-order valence-corrected chi connectivity index (χ3v) is 6.07. The van der Waals surface area contributed by atoms with E-state index in [1.54, 1.807) is 13.8 Å². The summed E-state index contributed by atoms with van der Waals surface area (Å²) in [5, 5.41) is 10.2. The van der Waals surface area contributed by atoms with Crippen molar-refractivity contribution < 1.29 is 18.3 Å². The summed E-state index contributed by atoms with van der Waals surface area (Å²) in [7, 11) is -3.79. The van der Waals surface area contributed by atoms with E-state index in [4.69, 9.17) is 5.11 Å². The van der Waals surface area contributed by atoms with Crippen molar-refractivity contribution in [1.82, 2.24) is 0 Å². The van der Waals surface area contributed by atoms with Gasteiger partial charge in [0.15, 0.2) is 0 Å². The summed E-state index contributed by atoms with van der Waals surface area (Å²) in [4.78, 5) is 10.8. The number of hydrogen-bond acceptors (Lipinski definition) is 4. The summed E-state index contributed by atoms with van der Waals surface area (Å²) in [6, 6.07) is 4.77. The lowest BCUT2D eigenvalue weighted by molar-refractivity contribution is 0.0697. The molecule has 0 spiro atoms. The van der Waals surface area contributed by atoms with E-state index in [1.165, 1.54) is 5.38 Å². The van der Waals surface area contributed by atoms with Gasteiger partial charge in [0.2, 0.25) is 0 Å². The molecule has 1 aromatic carbocycles. The second kappa shape index (κ2) is 5.78. The molecule has 0 aliphatic carbocycles. The van der Waals surface area contributed by atoms with Crippen LogP contribution in [-0.2, 0) is 10.0 Å². The van der Waals surface area contributed by atoms with E-state index in [-0.39, 0.29) is 9.77 Å². The molecule has 0 aliphatic rings. The molecule has 2 N–H and O–H groups in total. The first-order valence-electron chi connectivity index (χ1n) is 5.82. The molecule has 21 heavy (non-hydrogen) atoms. The summed E-state index contributed by atoms with van der Waals surface area (Å²) in [6.45, 7) is 3.60. The second-order valence-electron chi connectivity index (χ2n) is 4.48. The first-order chi connectivity index (χ1) is 9.70. The number of carbonyl (C=O) groups is 1. The molecule has 0 bridgehead atoms. The fourth-order valence-electron chi connectivity index (χ4n) is 1.83. The number of carboxylic acids is 1. The predicted molar refractivity (Wildman–Crippen MR) is 85.7 cm³/mol. The number of benzene rings is 1. The summed E-state index contributed by atoms with van der Waals surface area (Å²) >= 11 is 4.23. The van der Waals surface area contributed by atoms with E-state index >= 15 is 0 Å². The minimum Gasteiger partial charge on any atom is -0.478 e. The number of sulfonamides is 1. The number of carboxylic acid groups (broad SMARTS) is 1. The van der Waals surface area contributed by atoms with Gasteiger partial charge in [0.05, 0.1) is 11.3 Å². The highest BCUT2D eigenvalue weighted by Gasteiger charge is 2.20. The zero-order valence-corrected chi connectivity index (χ0v) is 14.4. The Labute approximate surface area is 134 Å². The number of hydrogen-bond donors (Lipinski definition) is 2. The molecular formula is C13H12BrNO4S2. The average molecular weight is 390 g/mol. The van der Waals surface area contributed by atoms with Gasteiger partial charge < -0.3 is 5.11 Å². The number of aromatic carboxylic acids is 1. The van der Waals surface area contributed by atoms with Crippen LogP contribution in [0.25, 0.3) is 0 Å². The summed E-state index contributed by atoms with van der Waals surface area (Å²) in [6.07, 6.45) is 0. The van der Waals surface area contributed by atoms with Gasteiger partial charge in [-0.25, -0.2) is 13.2 Å². The number of nitrogens with one attached hydrogen (secondary N) is 1. The molecule has 2 rings (SSSR count). The first kappa shape index (κ1) is 16.0. The van der Waals surface area contributed by atoms with Crippen LogP contribution in [0.2, 0.25) is 0 Å². The monoisotopic (exact) mass is 389 g/mol. The molecule has 2 aromatic rings. The molecule has 0 radical (unpaired) electrons. The van der Waals surface area contributed by atoms with Gasteiger partial charge in [-0.2, -0.15) is 0 Å². The van der Waals surface area contributed by atoms with Crippen LogP contribution in [0.15, 0.2) is 32.3 Å². The van der Waals surface area contributed by atoms with E-state index in [9.17, 15) is 13.2 Å². The third-order valence-electron chi connectivity index (χ3n) is 2.82. The Kier molecular flexibility index (Phi) is 4.40. The summed E-state index contributed by atoms with van der Waals surface area (Å²) in [5.41, 5.74) is 2.02. The third kappa shape index (κ3) is 3.45. The lowest BCUT2D eigenvalue weighted by atomic mass is 10.1. The van der Waals surface area contributed by atoms with E-state index in [2.05, 4.69) is 20.7 Å². The zero-order valence-electron chi connectivity index (χ0n) is 11.2. The van der Waals surface area contributed by atoms with Crippen molar-refractivity contribution in [1.29, 1.82) is 0 Å². The van der Waals surface area contributed by atoms with Crippen molar-refractivity contribution in [2.24, 2.45) is 0 Å². The highest BCUT2D eigenvalue weighted by atomic mass is 79.9. The van der Waals surface area contributed by atoms with Crippen molar-refractivity contribution >= 4 is 48.9 Å². The van der Waals surface area contributed by atoms with Crippen LogP contribution in [0, 0.1) is 13.8 Å². The van der Waals surface area contributed by atoms with E-state index in [1.807, 2.05) is 12.1 Å². The Morgan fingerprint density at radius 3 is 2.29 bits per heavy atom. The van der Waals surface area contributed by atoms with Crippen LogP contribution in [0.1, 0.15) is 21.5 Å². The molecular weight excluding hydrogens is 378 g/mol. The number of halogens is 1. The quantitative estimate of drug-likeness (QED) is 0.835. The van der Waals surface area contributed by atoms with Gasteiger partial charge in [0.1, 0.15) is 4.21 Å². The van der Waals surface area contributed by atoms with Crippen LogP contribution in [-0.4, -0.2) is 19.5 Å². The van der Waals surface area contributed by atoms with Gasteiger partial charge >= 0.3 is 5.97 Å². The van der Waals surface area contributed by atoms with Crippen molar-refractivity contribution in [3.05, 3.63) is 44.7 Å². The molecule has 0 atom stereocenters. The molecule has 5 nitrogen and oxygen atoms in total. The molecule has 0 saturated heterocycles. The fourth-order valence-corrected chi connectivity index (χ4v) is 4.87. The van der Waals surface area contributed by atoms with Crippen molar-refractivity contribution in [2.75, 3.05) is 4.72 Å². The average Bonchev–Trinajstić information content (AvgIpc) is 2.84. The highest BCUT2D eigenvalue weighted by molar-refractivity contribution is 9.10. The minimum atomic E-state index is -3.79. The Morgan fingerprint density at radius 1 is 1.24 bits per heavy atom. The van der Waals surface area contributed by atoms with E-state index in [0.717, 1.165) is 33.0 Å². The summed E-state index contributed by atoms with van der Waals surface area (Å²) < 4.78 is 28.0. The van der Waals surface area contributed by atoms with Crippen LogP contribution >= 0.6 is 27.3 Å². The van der Waals surface area contributed by atoms with Gasteiger partial charge in [-0.05, 0) is 43.2 Å². The standard InChI is InChI=1S/C13H12BrNO4S2/c1-7-3-10(14)4-8(2)12(7)15-21(18,19)11-5-9(6-20-11)13(16)17/h3-6,15H,1-2H3,(H,16,17). The number of anilines is 1. The maximum absolute atomic E-state index is 12.3. The number of rotatable bonds is 4. The smallest absolute Gasteiger partial charge is 0.336 e. The first-order valence-corrected chi connectivity index (χ1v) is 8.97. The van der Waals surface area contributed by atoms with Crippen LogP contribution in [0.5, 0.6) is 0 Å². The van der Waals surface area contributed by atoms with Gasteiger partial charge in [-0.15, -0.1) is 11.3 Å². The van der Waals surface area contributed by atoms with Crippen molar-refractivity contribution in [3.63, 3.8) is 0 Å². The normalized spacial score (nSPS) is 11.4. The maximum atomic E-state index is 12.3. The van der Waals surface area contributed by atoms with E-state index < -0.39 is 16.0 Å². The Hall–Kier alpha value is -1.38. The topological polar surface area (TPSA) is 83.5 Å². The Morgan fingerprint density at radius 2 is 1.81 bits per heavy atom. The molecule has 0 saturated carbocycles. The molecule has 0 aliphatic heterocycles. The lowest BCUT2D eigenvalue weighted by Gasteiger charge is -2.13. The largest absolute Gasteiger partial charge is 0.478 e. The van der Waals surface area contributed by atoms with Gasteiger partial charge in [-0.3, -0.25) is 4.72 Å². The predicted octanol–water partition coefficient (Wildman–Crippen LogP) is 3.63. The lowest BCUT2D eigenvalue weighted by Crippen LogP contribution is -2.13. The van der Waals surface area contributed by atoms with E-state index in [0.29, 0.717) is 5.69 Å². The van der Waals surface area contributed by atoms with Gasteiger partial charge in [-0.1, -0.05) is 15.9 Å². The summed E-state index contributed by atoms with van der Waals surface area (Å²) in [5.74, 6) is -1.15. The molecule has 0 fully saturated rings. The number of aryl methyl sites for hydroxylation is 2. The fraction of sp³-hybridized carbons (Fsp3) is 0.154. The van der Waals surface area contributed by atoms with Crippen molar-refractivity contribution in [3.8, 4) is 0 Å². The molecule has 1 heterocycles. The molecule has 1 aromatic heterocycles. The van der Waals surface area contributed by atoms with Crippen LogP contribution < -0.4 is 4.72 Å².